The summed E-state index contributed by atoms with van der Waals surface area (Å²) in [6.07, 6.45) is 6.09. The van der Waals surface area contributed by atoms with Crippen molar-refractivity contribution in [2.45, 2.75) is 51.0 Å². The summed E-state index contributed by atoms with van der Waals surface area (Å²) in [5, 5.41) is 6.98. The highest BCUT2D eigenvalue weighted by atomic mass is 16.5. The molecule has 1 aliphatic carbocycles. The van der Waals surface area contributed by atoms with Gasteiger partial charge < -0.3 is 19.6 Å². The summed E-state index contributed by atoms with van der Waals surface area (Å²) >= 11 is 0. The lowest BCUT2D eigenvalue weighted by atomic mass is 9.97. The van der Waals surface area contributed by atoms with Crippen molar-refractivity contribution in [1.29, 1.82) is 0 Å². The average molecular weight is 333 g/mol. The van der Waals surface area contributed by atoms with Crippen LogP contribution in [0.4, 0.5) is 4.79 Å². The fourth-order valence-electron chi connectivity index (χ4n) is 3.93. The molecule has 1 aromatic rings. The molecule has 1 unspecified atom stereocenters. The molecule has 0 bridgehead atoms. The Bertz CT molecular complexity index is 577. The highest BCUT2D eigenvalue weighted by Crippen LogP contribution is 2.30. The summed E-state index contributed by atoms with van der Waals surface area (Å²) in [6, 6.07) is 0.925. The number of nitrogens with zero attached hydrogens (tertiary/aromatic N) is 4. The molecule has 3 aliphatic rings. The van der Waals surface area contributed by atoms with Gasteiger partial charge in [-0.15, -0.1) is 0 Å². The third-order valence-corrected chi connectivity index (χ3v) is 5.62. The number of piperidine rings is 1. The molecule has 7 nitrogen and oxygen atoms in total. The molecule has 0 aromatic carbocycles. The van der Waals surface area contributed by atoms with Gasteiger partial charge in [0.1, 0.15) is 0 Å². The summed E-state index contributed by atoms with van der Waals surface area (Å²) in [5.74, 6) is 2.13. The van der Waals surface area contributed by atoms with Gasteiger partial charge in [0.25, 0.3) is 0 Å². The largest absolute Gasteiger partial charge is 0.339 e. The van der Waals surface area contributed by atoms with E-state index in [1.165, 1.54) is 38.8 Å². The van der Waals surface area contributed by atoms with Crippen molar-refractivity contribution >= 4 is 6.03 Å². The van der Waals surface area contributed by atoms with Crippen LogP contribution < -0.4 is 5.32 Å². The summed E-state index contributed by atoms with van der Waals surface area (Å²) in [6.45, 7) is 6.46. The monoisotopic (exact) mass is 333 g/mol. The Morgan fingerprint density at radius 3 is 2.67 bits per heavy atom. The van der Waals surface area contributed by atoms with Crippen LogP contribution >= 0.6 is 0 Å². The maximum Gasteiger partial charge on any atom is 0.317 e. The third-order valence-electron chi connectivity index (χ3n) is 5.62. The molecule has 1 N–H and O–H groups in total. The summed E-state index contributed by atoms with van der Waals surface area (Å²) in [5.41, 5.74) is 0. The van der Waals surface area contributed by atoms with Gasteiger partial charge in [-0.25, -0.2) is 4.79 Å². The minimum absolute atomic E-state index is 0.0540. The van der Waals surface area contributed by atoms with E-state index in [0.717, 1.165) is 25.6 Å². The van der Waals surface area contributed by atoms with E-state index in [1.807, 2.05) is 11.8 Å². The maximum absolute atomic E-state index is 12.4. The molecule has 1 aromatic heterocycles. The first-order chi connectivity index (χ1) is 11.7. The second-order valence-corrected chi connectivity index (χ2v) is 7.51. The van der Waals surface area contributed by atoms with Gasteiger partial charge in [-0.1, -0.05) is 5.16 Å². The predicted octanol–water partition coefficient (Wildman–Crippen LogP) is 1.75. The number of hydrogen-bond donors (Lipinski definition) is 1. The first-order valence-corrected chi connectivity index (χ1v) is 9.26. The summed E-state index contributed by atoms with van der Waals surface area (Å²) in [4.78, 5) is 21.2. The van der Waals surface area contributed by atoms with E-state index in [9.17, 15) is 4.79 Å². The summed E-state index contributed by atoms with van der Waals surface area (Å²) in [7, 11) is 0. The van der Waals surface area contributed by atoms with Crippen LogP contribution in [0.25, 0.3) is 0 Å². The Balaban J connectivity index is 1.19. The Morgan fingerprint density at radius 1 is 1.21 bits per heavy atom. The Morgan fingerprint density at radius 2 is 2.00 bits per heavy atom. The van der Waals surface area contributed by atoms with Crippen molar-refractivity contribution in [2.75, 3.05) is 32.7 Å². The molecule has 4 rings (SSSR count). The molecule has 3 fully saturated rings. The molecule has 24 heavy (non-hydrogen) atoms. The van der Waals surface area contributed by atoms with E-state index in [2.05, 4.69) is 20.4 Å². The molecule has 3 heterocycles. The van der Waals surface area contributed by atoms with Crippen molar-refractivity contribution < 1.29 is 9.32 Å². The van der Waals surface area contributed by atoms with Gasteiger partial charge in [0.2, 0.25) is 5.89 Å². The molecule has 2 aliphatic heterocycles. The van der Waals surface area contributed by atoms with E-state index in [1.54, 1.807) is 0 Å². The van der Waals surface area contributed by atoms with Crippen molar-refractivity contribution in [3.05, 3.63) is 11.7 Å². The number of carbonyl (C=O) groups is 1. The van der Waals surface area contributed by atoms with Gasteiger partial charge in [0, 0.05) is 25.7 Å². The number of rotatable bonds is 4. The van der Waals surface area contributed by atoms with E-state index in [0.29, 0.717) is 24.2 Å². The maximum atomic E-state index is 12.4. The van der Waals surface area contributed by atoms with Gasteiger partial charge in [-0.2, -0.15) is 4.98 Å². The number of urea groups is 1. The molecule has 7 heteroatoms. The van der Waals surface area contributed by atoms with Crippen LogP contribution in [0.5, 0.6) is 0 Å². The van der Waals surface area contributed by atoms with E-state index in [4.69, 9.17) is 4.52 Å². The zero-order valence-corrected chi connectivity index (χ0v) is 14.4. The Labute approximate surface area is 142 Å². The predicted molar refractivity (Wildman–Crippen MR) is 88.7 cm³/mol. The molecule has 2 saturated heterocycles. The average Bonchev–Trinajstić information content (AvgIpc) is 3.16. The van der Waals surface area contributed by atoms with Crippen molar-refractivity contribution in [1.82, 2.24) is 25.3 Å². The van der Waals surface area contributed by atoms with Crippen molar-refractivity contribution in [3.63, 3.8) is 0 Å². The quantitative estimate of drug-likeness (QED) is 0.909. The van der Waals surface area contributed by atoms with Crippen molar-refractivity contribution in [2.24, 2.45) is 5.92 Å². The van der Waals surface area contributed by atoms with E-state index >= 15 is 0 Å². The first kappa shape index (κ1) is 15.9. The van der Waals surface area contributed by atoms with Gasteiger partial charge >= 0.3 is 6.03 Å². The van der Waals surface area contributed by atoms with Gasteiger partial charge in [-0.05, 0) is 58.0 Å². The zero-order valence-electron chi connectivity index (χ0n) is 14.4. The highest BCUT2D eigenvalue weighted by Gasteiger charge is 2.33. The highest BCUT2D eigenvalue weighted by molar-refractivity contribution is 5.74. The molecule has 0 spiro atoms. The molecular formula is C17H27N5O2. The SMILES string of the molecule is Cc1noc(C2CCN(C(=O)NCC3CCN(C4CC4)CC3)C2)n1. The second-order valence-electron chi connectivity index (χ2n) is 7.51. The lowest BCUT2D eigenvalue weighted by molar-refractivity contribution is 0.169. The Hall–Kier alpha value is -1.63. The minimum atomic E-state index is 0.0540. The van der Waals surface area contributed by atoms with Crippen LogP contribution in [0.15, 0.2) is 4.52 Å². The van der Waals surface area contributed by atoms with Crippen LogP contribution in [0, 0.1) is 12.8 Å². The minimum Gasteiger partial charge on any atom is -0.339 e. The number of hydrogen-bond acceptors (Lipinski definition) is 5. The fourth-order valence-corrected chi connectivity index (χ4v) is 3.93. The number of aromatic nitrogens is 2. The van der Waals surface area contributed by atoms with Gasteiger partial charge in [0.15, 0.2) is 5.82 Å². The van der Waals surface area contributed by atoms with E-state index < -0.39 is 0 Å². The smallest absolute Gasteiger partial charge is 0.317 e. The van der Waals surface area contributed by atoms with Gasteiger partial charge in [0.05, 0.1) is 5.92 Å². The topological polar surface area (TPSA) is 74.5 Å². The molecular weight excluding hydrogens is 306 g/mol. The molecule has 1 saturated carbocycles. The van der Waals surface area contributed by atoms with Gasteiger partial charge in [-0.3, -0.25) is 0 Å². The fraction of sp³-hybridized carbons (Fsp3) is 0.824. The summed E-state index contributed by atoms with van der Waals surface area (Å²) < 4.78 is 5.24. The number of aryl methyl sites for hydroxylation is 1. The first-order valence-electron chi connectivity index (χ1n) is 9.26. The van der Waals surface area contributed by atoms with Crippen LogP contribution in [-0.4, -0.2) is 64.7 Å². The molecule has 2 amide bonds. The third kappa shape index (κ3) is 3.55. The lowest BCUT2D eigenvalue weighted by Gasteiger charge is -2.32. The van der Waals surface area contributed by atoms with Crippen molar-refractivity contribution in [3.8, 4) is 0 Å². The Kier molecular flexibility index (Phi) is 4.43. The molecule has 0 radical (unpaired) electrons. The van der Waals surface area contributed by atoms with Crippen LogP contribution in [0.3, 0.4) is 0 Å². The van der Waals surface area contributed by atoms with Crippen LogP contribution in [0.2, 0.25) is 0 Å². The standard InChI is InChI=1S/C17H27N5O2/c1-12-19-16(24-20-12)14-6-9-22(11-14)17(23)18-10-13-4-7-21(8-5-13)15-2-3-15/h13-15H,2-11H2,1H3,(H,18,23). The van der Waals surface area contributed by atoms with Crippen LogP contribution in [-0.2, 0) is 0 Å². The molecule has 132 valence electrons. The van der Waals surface area contributed by atoms with Crippen LogP contribution in [0.1, 0.15) is 49.7 Å². The number of nitrogens with one attached hydrogen (secondary N) is 1. The normalized spacial score (nSPS) is 26.0. The van der Waals surface area contributed by atoms with E-state index in [-0.39, 0.29) is 11.9 Å². The number of amides is 2. The zero-order chi connectivity index (χ0) is 16.5. The molecule has 1 atom stereocenters. The lowest BCUT2D eigenvalue weighted by Crippen LogP contribution is -2.43. The number of carbonyl (C=O) groups excluding carboxylic acids is 1. The number of likely N-dealkylation sites (tertiary alicyclic amines) is 2. The second kappa shape index (κ2) is 6.70.